The SMILES string of the molecule is CC1(CO)CCC[C@]2(C)[C@@H]1CC[C@@]13C[C@H](CC[C@H]12)[C@](C)(O)C3. The molecule has 4 aliphatic rings. The van der Waals surface area contributed by atoms with Crippen LogP contribution in [0.2, 0.25) is 0 Å². The monoisotopic (exact) mass is 306 g/mol. The number of fused-ring (bicyclic) bond motifs is 3. The predicted octanol–water partition coefficient (Wildman–Crippen LogP) is 4.14. The van der Waals surface area contributed by atoms with Crippen molar-refractivity contribution in [2.75, 3.05) is 6.61 Å². The first-order valence-corrected chi connectivity index (χ1v) is 9.59. The lowest BCUT2D eigenvalue weighted by Crippen LogP contribution is -2.57. The molecular formula is C20H34O2. The molecule has 4 saturated carbocycles. The van der Waals surface area contributed by atoms with Gasteiger partial charge in [0.25, 0.3) is 0 Å². The van der Waals surface area contributed by atoms with Crippen molar-refractivity contribution in [2.45, 2.75) is 84.2 Å². The Morgan fingerprint density at radius 2 is 1.73 bits per heavy atom. The van der Waals surface area contributed by atoms with Gasteiger partial charge in [0, 0.05) is 6.61 Å². The summed E-state index contributed by atoms with van der Waals surface area (Å²) in [6, 6.07) is 0. The number of aliphatic hydroxyl groups is 2. The van der Waals surface area contributed by atoms with Crippen molar-refractivity contribution in [1.29, 1.82) is 0 Å². The van der Waals surface area contributed by atoms with Crippen LogP contribution in [0.4, 0.5) is 0 Å². The third-order valence-corrected chi connectivity index (χ3v) is 8.97. The minimum atomic E-state index is -0.424. The van der Waals surface area contributed by atoms with Crippen molar-refractivity contribution in [3.05, 3.63) is 0 Å². The smallest absolute Gasteiger partial charge is 0.0653 e. The van der Waals surface area contributed by atoms with Crippen LogP contribution in [0.25, 0.3) is 0 Å². The zero-order valence-electron chi connectivity index (χ0n) is 14.7. The van der Waals surface area contributed by atoms with Crippen LogP contribution in [0.15, 0.2) is 0 Å². The van der Waals surface area contributed by atoms with E-state index in [0.717, 1.165) is 12.3 Å². The van der Waals surface area contributed by atoms with Crippen molar-refractivity contribution >= 4 is 0 Å². The Kier molecular flexibility index (Phi) is 3.16. The van der Waals surface area contributed by atoms with E-state index in [1.54, 1.807) is 0 Å². The normalized spacial score (nSPS) is 60.7. The highest BCUT2D eigenvalue weighted by Crippen LogP contribution is 2.72. The second-order valence-corrected chi connectivity index (χ2v) is 10.2. The van der Waals surface area contributed by atoms with Gasteiger partial charge in [0.1, 0.15) is 0 Å². The van der Waals surface area contributed by atoms with Gasteiger partial charge in [-0.1, -0.05) is 20.3 Å². The predicted molar refractivity (Wildman–Crippen MR) is 88.4 cm³/mol. The molecule has 0 aliphatic heterocycles. The molecule has 0 heterocycles. The topological polar surface area (TPSA) is 40.5 Å². The molecule has 0 aromatic rings. The second kappa shape index (κ2) is 4.51. The van der Waals surface area contributed by atoms with Gasteiger partial charge >= 0.3 is 0 Å². The minimum absolute atomic E-state index is 0.132. The maximum absolute atomic E-state index is 10.9. The van der Waals surface area contributed by atoms with Crippen LogP contribution in [0.3, 0.4) is 0 Å². The highest BCUT2D eigenvalue weighted by Gasteiger charge is 2.66. The quantitative estimate of drug-likeness (QED) is 0.764. The van der Waals surface area contributed by atoms with Crippen LogP contribution < -0.4 is 0 Å². The fourth-order valence-electron chi connectivity index (χ4n) is 8.12. The van der Waals surface area contributed by atoms with Crippen LogP contribution in [0.1, 0.15) is 78.6 Å². The van der Waals surface area contributed by atoms with Gasteiger partial charge in [0.2, 0.25) is 0 Å². The van der Waals surface area contributed by atoms with E-state index < -0.39 is 5.60 Å². The molecule has 0 saturated heterocycles. The Balaban J connectivity index is 1.72. The number of aliphatic hydroxyl groups excluding tert-OH is 1. The zero-order chi connectivity index (χ0) is 15.8. The van der Waals surface area contributed by atoms with Crippen molar-refractivity contribution < 1.29 is 10.2 Å². The van der Waals surface area contributed by atoms with Crippen LogP contribution in [-0.4, -0.2) is 22.4 Å². The van der Waals surface area contributed by atoms with Gasteiger partial charge in [-0.15, -0.1) is 0 Å². The lowest BCUT2D eigenvalue weighted by Gasteiger charge is -2.64. The van der Waals surface area contributed by atoms with Gasteiger partial charge in [0.15, 0.2) is 0 Å². The molecule has 126 valence electrons. The molecule has 2 nitrogen and oxygen atoms in total. The van der Waals surface area contributed by atoms with Gasteiger partial charge in [0.05, 0.1) is 5.60 Å². The standard InChI is InChI=1S/C20H34O2/c1-17(13-21)8-4-9-18(2)15(17)7-10-20-11-14(5-6-16(18)20)19(3,22)12-20/h14-16,21-22H,4-13H2,1-3H3/t14-,15+,16-,17?,18+,19+,20-/m0/s1. The molecule has 2 bridgehead atoms. The molecule has 0 radical (unpaired) electrons. The van der Waals surface area contributed by atoms with E-state index in [-0.39, 0.29) is 5.41 Å². The van der Waals surface area contributed by atoms with E-state index in [2.05, 4.69) is 20.8 Å². The molecule has 0 aromatic heterocycles. The first kappa shape index (κ1) is 15.4. The molecule has 1 unspecified atom stereocenters. The molecule has 4 fully saturated rings. The Morgan fingerprint density at radius 3 is 2.45 bits per heavy atom. The summed E-state index contributed by atoms with van der Waals surface area (Å²) in [6.45, 7) is 7.34. The Hall–Kier alpha value is -0.0800. The van der Waals surface area contributed by atoms with E-state index in [9.17, 15) is 10.2 Å². The fraction of sp³-hybridized carbons (Fsp3) is 1.00. The third-order valence-electron chi connectivity index (χ3n) is 8.97. The van der Waals surface area contributed by atoms with E-state index in [1.807, 2.05) is 0 Å². The highest BCUT2D eigenvalue weighted by molar-refractivity contribution is 5.16. The Bertz CT molecular complexity index is 472. The van der Waals surface area contributed by atoms with E-state index in [1.165, 1.54) is 51.4 Å². The summed E-state index contributed by atoms with van der Waals surface area (Å²) >= 11 is 0. The summed E-state index contributed by atoms with van der Waals surface area (Å²) in [7, 11) is 0. The van der Waals surface area contributed by atoms with E-state index in [4.69, 9.17) is 0 Å². The van der Waals surface area contributed by atoms with Crippen LogP contribution in [0.5, 0.6) is 0 Å². The Morgan fingerprint density at radius 1 is 0.955 bits per heavy atom. The van der Waals surface area contributed by atoms with Crippen LogP contribution in [0, 0.1) is 34.0 Å². The maximum Gasteiger partial charge on any atom is 0.0653 e. The lowest BCUT2D eigenvalue weighted by atomic mass is 9.41. The van der Waals surface area contributed by atoms with Gasteiger partial charge in [-0.25, -0.2) is 0 Å². The van der Waals surface area contributed by atoms with Gasteiger partial charge in [-0.05, 0) is 92.3 Å². The van der Waals surface area contributed by atoms with Crippen molar-refractivity contribution in [3.8, 4) is 0 Å². The van der Waals surface area contributed by atoms with Gasteiger partial charge in [-0.3, -0.25) is 0 Å². The molecule has 4 aliphatic carbocycles. The van der Waals surface area contributed by atoms with E-state index >= 15 is 0 Å². The maximum atomic E-state index is 10.9. The first-order valence-electron chi connectivity index (χ1n) is 9.59. The number of hydrogen-bond donors (Lipinski definition) is 2. The molecule has 22 heavy (non-hydrogen) atoms. The summed E-state index contributed by atoms with van der Waals surface area (Å²) in [6.07, 6.45) is 11.2. The molecule has 4 rings (SSSR count). The van der Waals surface area contributed by atoms with Gasteiger partial charge < -0.3 is 10.2 Å². The largest absolute Gasteiger partial charge is 0.396 e. The number of rotatable bonds is 1. The van der Waals surface area contributed by atoms with Gasteiger partial charge in [-0.2, -0.15) is 0 Å². The fourth-order valence-corrected chi connectivity index (χ4v) is 8.12. The summed E-state index contributed by atoms with van der Waals surface area (Å²) in [5, 5.41) is 21.0. The molecular weight excluding hydrogens is 272 g/mol. The summed E-state index contributed by atoms with van der Waals surface area (Å²) < 4.78 is 0. The number of hydrogen-bond acceptors (Lipinski definition) is 2. The molecule has 0 aromatic carbocycles. The molecule has 7 atom stereocenters. The Labute approximate surface area is 135 Å². The minimum Gasteiger partial charge on any atom is -0.396 e. The average Bonchev–Trinajstić information content (AvgIpc) is 2.63. The summed E-state index contributed by atoms with van der Waals surface area (Å²) in [4.78, 5) is 0. The first-order chi connectivity index (χ1) is 10.3. The molecule has 1 spiro atoms. The van der Waals surface area contributed by atoms with Crippen molar-refractivity contribution in [1.82, 2.24) is 0 Å². The van der Waals surface area contributed by atoms with Crippen LogP contribution in [-0.2, 0) is 0 Å². The lowest BCUT2D eigenvalue weighted by molar-refractivity contribution is -0.159. The third kappa shape index (κ3) is 1.80. The van der Waals surface area contributed by atoms with E-state index in [0.29, 0.717) is 29.3 Å². The highest BCUT2D eigenvalue weighted by atomic mass is 16.3. The van der Waals surface area contributed by atoms with Crippen molar-refractivity contribution in [3.63, 3.8) is 0 Å². The van der Waals surface area contributed by atoms with Crippen LogP contribution >= 0.6 is 0 Å². The van der Waals surface area contributed by atoms with Crippen molar-refractivity contribution in [2.24, 2.45) is 34.0 Å². The second-order valence-electron chi connectivity index (χ2n) is 10.2. The zero-order valence-corrected chi connectivity index (χ0v) is 14.7. The summed E-state index contributed by atoms with van der Waals surface area (Å²) in [5.74, 6) is 1.99. The molecule has 2 N–H and O–H groups in total. The average molecular weight is 306 g/mol. The molecule has 2 heteroatoms. The molecule has 0 amide bonds. The summed E-state index contributed by atoms with van der Waals surface area (Å²) in [5.41, 5.74) is 0.504.